The standard InChI is InChI=1S/C19H25ClN2O2/c1-2-5-12-10-18(23)22-17-11-13(8-9-14(12)17)21-19(24)15-6-3-4-7-16(15)20/h3-4,6-7,12-14,17H,2,5,8-11H2,1H3,(H,21,24)(H,22,23). The van der Waals surface area contributed by atoms with E-state index in [9.17, 15) is 9.59 Å². The number of fused-ring (bicyclic) bond motifs is 1. The fourth-order valence-corrected chi connectivity index (χ4v) is 4.53. The number of amides is 2. The van der Waals surface area contributed by atoms with Crippen LogP contribution in [-0.4, -0.2) is 23.9 Å². The molecule has 0 bridgehead atoms. The summed E-state index contributed by atoms with van der Waals surface area (Å²) in [4.78, 5) is 24.4. The Labute approximate surface area is 148 Å². The molecule has 24 heavy (non-hydrogen) atoms. The molecular weight excluding hydrogens is 324 g/mol. The maximum atomic E-state index is 12.4. The first-order chi connectivity index (χ1) is 11.6. The Balaban J connectivity index is 1.63. The molecule has 4 nitrogen and oxygen atoms in total. The zero-order valence-corrected chi connectivity index (χ0v) is 14.8. The van der Waals surface area contributed by atoms with Crippen molar-refractivity contribution in [2.24, 2.45) is 11.8 Å². The van der Waals surface area contributed by atoms with Crippen molar-refractivity contribution >= 4 is 23.4 Å². The highest BCUT2D eigenvalue weighted by molar-refractivity contribution is 6.33. The van der Waals surface area contributed by atoms with Gasteiger partial charge in [0.25, 0.3) is 5.91 Å². The van der Waals surface area contributed by atoms with E-state index in [0.29, 0.717) is 28.8 Å². The molecule has 130 valence electrons. The third-order valence-corrected chi connectivity index (χ3v) is 5.75. The molecule has 1 aromatic carbocycles. The molecule has 1 aliphatic heterocycles. The van der Waals surface area contributed by atoms with Gasteiger partial charge in [-0.2, -0.15) is 0 Å². The van der Waals surface area contributed by atoms with Crippen LogP contribution in [0.3, 0.4) is 0 Å². The summed E-state index contributed by atoms with van der Waals surface area (Å²) in [6.45, 7) is 2.18. The Morgan fingerprint density at radius 2 is 2.12 bits per heavy atom. The zero-order chi connectivity index (χ0) is 17.1. The lowest BCUT2D eigenvalue weighted by atomic mass is 9.70. The monoisotopic (exact) mass is 348 g/mol. The number of carbonyl (C=O) groups excluding carboxylic acids is 2. The van der Waals surface area contributed by atoms with Crippen molar-refractivity contribution in [3.05, 3.63) is 34.9 Å². The number of benzene rings is 1. The average Bonchev–Trinajstić information content (AvgIpc) is 2.55. The second kappa shape index (κ2) is 7.56. The summed E-state index contributed by atoms with van der Waals surface area (Å²) in [5, 5.41) is 6.71. The van der Waals surface area contributed by atoms with Gasteiger partial charge in [-0.15, -0.1) is 0 Å². The number of carbonyl (C=O) groups is 2. The fourth-order valence-electron chi connectivity index (χ4n) is 4.31. The Hall–Kier alpha value is -1.55. The number of rotatable bonds is 4. The summed E-state index contributed by atoms with van der Waals surface area (Å²) in [6.07, 6.45) is 5.73. The first kappa shape index (κ1) is 17.3. The molecule has 2 N–H and O–H groups in total. The van der Waals surface area contributed by atoms with Gasteiger partial charge < -0.3 is 10.6 Å². The smallest absolute Gasteiger partial charge is 0.253 e. The summed E-state index contributed by atoms with van der Waals surface area (Å²) in [7, 11) is 0. The maximum Gasteiger partial charge on any atom is 0.253 e. The number of nitrogens with one attached hydrogen (secondary N) is 2. The first-order valence-corrected chi connectivity index (χ1v) is 9.31. The molecule has 1 saturated carbocycles. The van der Waals surface area contributed by atoms with E-state index in [0.717, 1.165) is 32.1 Å². The minimum Gasteiger partial charge on any atom is -0.353 e. The lowest BCUT2D eigenvalue weighted by Crippen LogP contribution is -2.55. The van der Waals surface area contributed by atoms with Crippen LogP contribution in [0.4, 0.5) is 0 Å². The van der Waals surface area contributed by atoms with Crippen LogP contribution in [0.1, 0.15) is 55.8 Å². The van der Waals surface area contributed by atoms with Crippen LogP contribution in [0, 0.1) is 11.8 Å². The highest BCUT2D eigenvalue weighted by Gasteiger charge is 2.40. The Morgan fingerprint density at radius 1 is 1.33 bits per heavy atom. The van der Waals surface area contributed by atoms with Gasteiger partial charge in [0.2, 0.25) is 5.91 Å². The van der Waals surface area contributed by atoms with Crippen molar-refractivity contribution in [2.75, 3.05) is 0 Å². The van der Waals surface area contributed by atoms with Gasteiger partial charge in [-0.3, -0.25) is 9.59 Å². The van der Waals surface area contributed by atoms with Crippen molar-refractivity contribution < 1.29 is 9.59 Å². The average molecular weight is 349 g/mol. The molecule has 4 atom stereocenters. The predicted molar refractivity (Wildman–Crippen MR) is 95.0 cm³/mol. The quantitative estimate of drug-likeness (QED) is 0.874. The number of hydrogen-bond acceptors (Lipinski definition) is 2. The molecule has 0 radical (unpaired) electrons. The van der Waals surface area contributed by atoms with Gasteiger partial charge in [-0.05, 0) is 49.7 Å². The van der Waals surface area contributed by atoms with E-state index >= 15 is 0 Å². The van der Waals surface area contributed by atoms with Gasteiger partial charge in [-0.1, -0.05) is 37.1 Å². The summed E-state index contributed by atoms with van der Waals surface area (Å²) < 4.78 is 0. The molecule has 4 unspecified atom stereocenters. The van der Waals surface area contributed by atoms with E-state index in [1.165, 1.54) is 0 Å². The van der Waals surface area contributed by atoms with Crippen molar-refractivity contribution in [3.8, 4) is 0 Å². The van der Waals surface area contributed by atoms with Crippen molar-refractivity contribution in [1.82, 2.24) is 10.6 Å². The molecule has 1 aliphatic carbocycles. The van der Waals surface area contributed by atoms with Crippen LogP contribution >= 0.6 is 11.6 Å². The highest BCUT2D eigenvalue weighted by Crippen LogP contribution is 2.37. The summed E-state index contributed by atoms with van der Waals surface area (Å²) in [6, 6.07) is 7.38. The lowest BCUT2D eigenvalue weighted by molar-refractivity contribution is -0.127. The molecule has 0 spiro atoms. The predicted octanol–water partition coefficient (Wildman–Crippen LogP) is 3.54. The SMILES string of the molecule is CCCC1CC(=O)NC2CC(NC(=O)c3ccccc3Cl)CCC12. The third-order valence-electron chi connectivity index (χ3n) is 5.42. The zero-order valence-electron chi connectivity index (χ0n) is 14.1. The summed E-state index contributed by atoms with van der Waals surface area (Å²) in [5.74, 6) is 1.08. The van der Waals surface area contributed by atoms with Crippen molar-refractivity contribution in [2.45, 2.75) is 57.5 Å². The number of halogens is 1. The van der Waals surface area contributed by atoms with E-state index in [4.69, 9.17) is 11.6 Å². The number of piperidine rings is 1. The van der Waals surface area contributed by atoms with E-state index in [1.54, 1.807) is 12.1 Å². The largest absolute Gasteiger partial charge is 0.353 e. The van der Waals surface area contributed by atoms with E-state index < -0.39 is 0 Å². The molecule has 2 aliphatic rings. The van der Waals surface area contributed by atoms with Gasteiger partial charge in [0, 0.05) is 18.5 Å². The molecule has 0 aromatic heterocycles. The minimum absolute atomic E-state index is 0.0932. The normalized spacial score (nSPS) is 29.5. The summed E-state index contributed by atoms with van der Waals surface area (Å²) >= 11 is 6.10. The van der Waals surface area contributed by atoms with Gasteiger partial charge in [0.1, 0.15) is 0 Å². The third kappa shape index (κ3) is 3.75. The van der Waals surface area contributed by atoms with Crippen LogP contribution in [0.2, 0.25) is 5.02 Å². The molecule has 2 fully saturated rings. The van der Waals surface area contributed by atoms with Crippen LogP contribution in [0.5, 0.6) is 0 Å². The topological polar surface area (TPSA) is 58.2 Å². The molecule has 1 heterocycles. The van der Waals surface area contributed by atoms with Gasteiger partial charge >= 0.3 is 0 Å². The second-order valence-electron chi connectivity index (χ2n) is 7.05. The highest BCUT2D eigenvalue weighted by atomic mass is 35.5. The lowest BCUT2D eigenvalue weighted by Gasteiger charge is -2.44. The van der Waals surface area contributed by atoms with Crippen molar-refractivity contribution in [3.63, 3.8) is 0 Å². The van der Waals surface area contributed by atoms with Crippen LogP contribution < -0.4 is 10.6 Å². The molecule has 5 heteroatoms. The second-order valence-corrected chi connectivity index (χ2v) is 7.46. The summed E-state index contributed by atoms with van der Waals surface area (Å²) in [5.41, 5.74) is 0.512. The Morgan fingerprint density at radius 3 is 2.88 bits per heavy atom. The first-order valence-electron chi connectivity index (χ1n) is 8.93. The van der Waals surface area contributed by atoms with Crippen LogP contribution in [0.25, 0.3) is 0 Å². The van der Waals surface area contributed by atoms with Gasteiger partial charge in [0.05, 0.1) is 10.6 Å². The Kier molecular flexibility index (Phi) is 5.44. The van der Waals surface area contributed by atoms with E-state index in [-0.39, 0.29) is 23.9 Å². The van der Waals surface area contributed by atoms with E-state index in [2.05, 4.69) is 17.6 Å². The Bertz CT molecular complexity index is 619. The van der Waals surface area contributed by atoms with Gasteiger partial charge in [0.15, 0.2) is 0 Å². The van der Waals surface area contributed by atoms with Crippen LogP contribution in [-0.2, 0) is 4.79 Å². The van der Waals surface area contributed by atoms with Crippen LogP contribution in [0.15, 0.2) is 24.3 Å². The fraction of sp³-hybridized carbons (Fsp3) is 0.579. The maximum absolute atomic E-state index is 12.4. The molecule has 1 aromatic rings. The van der Waals surface area contributed by atoms with E-state index in [1.807, 2.05) is 12.1 Å². The molecule has 1 saturated heterocycles. The van der Waals surface area contributed by atoms with Crippen molar-refractivity contribution in [1.29, 1.82) is 0 Å². The number of hydrogen-bond donors (Lipinski definition) is 2. The van der Waals surface area contributed by atoms with Gasteiger partial charge in [-0.25, -0.2) is 0 Å². The molecule has 3 rings (SSSR count). The molecule has 2 amide bonds. The minimum atomic E-state index is -0.128. The molecular formula is C19H25ClN2O2.